The number of hydrogen-bond donors (Lipinski definition) is 3. The van der Waals surface area contributed by atoms with Gasteiger partial charge in [-0.2, -0.15) is 5.10 Å². The number of nitrogens with zero attached hydrogens (tertiary/aromatic N) is 3. The number of nitrogen functional groups attached to an aromatic ring is 1. The molecule has 0 aromatic carbocycles. The highest BCUT2D eigenvalue weighted by molar-refractivity contribution is 7.98. The average Bonchev–Trinajstić information content (AvgIpc) is 2.96. The summed E-state index contributed by atoms with van der Waals surface area (Å²) in [5.74, 6) is 5.26. The summed E-state index contributed by atoms with van der Waals surface area (Å²) in [5.41, 5.74) is 2.85. The van der Waals surface area contributed by atoms with Crippen LogP contribution < -0.4 is 11.3 Å². The molecule has 2 aromatic rings. The number of H-pyrrole nitrogens is 1. The molecule has 0 saturated heterocycles. The number of amides is 1. The van der Waals surface area contributed by atoms with Gasteiger partial charge >= 0.3 is 0 Å². The Morgan fingerprint density at radius 2 is 2.56 bits per heavy atom. The number of thiazole rings is 1. The molecule has 4 N–H and O–H groups in total. The third kappa shape index (κ3) is 2.56. The molecule has 16 heavy (non-hydrogen) atoms. The van der Waals surface area contributed by atoms with E-state index in [2.05, 4.69) is 20.2 Å². The monoisotopic (exact) mass is 256 g/mol. The maximum atomic E-state index is 11.1. The predicted molar refractivity (Wildman–Crippen MR) is 59.7 cm³/mol. The third-order valence-electron chi connectivity index (χ3n) is 1.63. The third-order valence-corrected chi connectivity index (χ3v) is 3.43. The van der Waals surface area contributed by atoms with Gasteiger partial charge in [0.05, 0.1) is 5.69 Å². The van der Waals surface area contributed by atoms with Gasteiger partial charge in [-0.25, -0.2) is 15.8 Å². The van der Waals surface area contributed by atoms with Crippen molar-refractivity contribution in [3.05, 3.63) is 22.4 Å². The van der Waals surface area contributed by atoms with E-state index in [4.69, 9.17) is 5.84 Å². The molecule has 84 valence electrons. The summed E-state index contributed by atoms with van der Waals surface area (Å²) in [6.07, 6.45) is 1.44. The van der Waals surface area contributed by atoms with Crippen molar-refractivity contribution >= 4 is 29.0 Å². The molecule has 7 nitrogen and oxygen atoms in total. The molecule has 0 radical (unpaired) electrons. The minimum atomic E-state index is -0.374. The van der Waals surface area contributed by atoms with E-state index < -0.39 is 0 Å². The van der Waals surface area contributed by atoms with Crippen LogP contribution in [0.15, 0.2) is 16.9 Å². The van der Waals surface area contributed by atoms with Gasteiger partial charge in [0.1, 0.15) is 6.33 Å². The Kier molecular flexibility index (Phi) is 3.49. The number of rotatable bonds is 4. The lowest BCUT2D eigenvalue weighted by molar-refractivity contribution is 0.0953. The van der Waals surface area contributed by atoms with Gasteiger partial charge in [0.25, 0.3) is 5.91 Å². The lowest BCUT2D eigenvalue weighted by Gasteiger charge is -1.93. The molecule has 2 rings (SSSR count). The summed E-state index contributed by atoms with van der Waals surface area (Å²) in [7, 11) is 0. The summed E-state index contributed by atoms with van der Waals surface area (Å²) in [6, 6.07) is 0. The van der Waals surface area contributed by atoms with Crippen molar-refractivity contribution in [3.63, 3.8) is 0 Å². The first-order valence-corrected chi connectivity index (χ1v) is 6.09. The molecule has 0 aliphatic heterocycles. The Labute approximate surface area is 98.8 Å². The smallest absolute Gasteiger partial charge is 0.288 e. The maximum Gasteiger partial charge on any atom is 0.294 e. The van der Waals surface area contributed by atoms with Crippen LogP contribution in [-0.4, -0.2) is 26.1 Å². The molecule has 0 aliphatic rings. The highest BCUT2D eigenvalue weighted by Crippen LogP contribution is 2.19. The quantitative estimate of drug-likeness (QED) is 0.311. The Hall–Kier alpha value is -1.45. The highest BCUT2D eigenvalue weighted by atomic mass is 32.2. The number of hydrazine groups is 1. The van der Waals surface area contributed by atoms with E-state index in [-0.39, 0.29) is 5.91 Å². The van der Waals surface area contributed by atoms with Crippen molar-refractivity contribution < 1.29 is 4.79 Å². The zero-order valence-electron chi connectivity index (χ0n) is 8.01. The number of nitrogens with one attached hydrogen (secondary N) is 2. The Bertz CT molecular complexity index is 467. The molecule has 2 heterocycles. The zero-order valence-corrected chi connectivity index (χ0v) is 9.64. The molecule has 0 unspecified atom stereocenters. The van der Waals surface area contributed by atoms with E-state index in [9.17, 15) is 4.79 Å². The van der Waals surface area contributed by atoms with Crippen LogP contribution in [-0.2, 0) is 5.75 Å². The first-order valence-electron chi connectivity index (χ1n) is 4.23. The van der Waals surface area contributed by atoms with Gasteiger partial charge in [-0.1, -0.05) is 11.8 Å². The SMILES string of the molecule is NNC(=O)c1nc(CSc2ncn[nH]2)cs1. The van der Waals surface area contributed by atoms with Crippen molar-refractivity contribution in [2.75, 3.05) is 0 Å². The normalized spacial score (nSPS) is 10.3. The standard InChI is InChI=1S/C7H8N6OS2/c8-12-5(14)6-11-4(1-15-6)2-16-7-9-3-10-13-7/h1,3H,2,8H2,(H,12,14)(H,9,10,13). The lowest BCUT2D eigenvalue weighted by Crippen LogP contribution is -2.29. The van der Waals surface area contributed by atoms with Gasteiger partial charge in [0.2, 0.25) is 0 Å². The minimum absolute atomic E-state index is 0.357. The Morgan fingerprint density at radius 1 is 1.69 bits per heavy atom. The molecule has 1 amide bonds. The predicted octanol–water partition coefficient (Wildman–Crippen LogP) is 0.157. The van der Waals surface area contributed by atoms with Gasteiger partial charge < -0.3 is 0 Å². The molecule has 2 aromatic heterocycles. The number of hydrogen-bond acceptors (Lipinski definition) is 7. The van der Waals surface area contributed by atoms with Crippen LogP contribution in [0.1, 0.15) is 15.5 Å². The summed E-state index contributed by atoms with van der Waals surface area (Å²) in [5, 5.41) is 9.34. The van der Waals surface area contributed by atoms with E-state index >= 15 is 0 Å². The van der Waals surface area contributed by atoms with Crippen LogP contribution >= 0.6 is 23.1 Å². The molecular formula is C7H8N6OS2. The van der Waals surface area contributed by atoms with Gasteiger partial charge in [-0.15, -0.1) is 11.3 Å². The maximum absolute atomic E-state index is 11.1. The van der Waals surface area contributed by atoms with Crippen LogP contribution in [0.2, 0.25) is 0 Å². The van der Waals surface area contributed by atoms with Gasteiger partial charge in [-0.05, 0) is 0 Å². The van der Waals surface area contributed by atoms with Crippen LogP contribution in [0.25, 0.3) is 0 Å². The summed E-state index contributed by atoms with van der Waals surface area (Å²) < 4.78 is 0. The van der Waals surface area contributed by atoms with Gasteiger partial charge in [0.15, 0.2) is 10.2 Å². The molecule has 0 bridgehead atoms. The average molecular weight is 256 g/mol. The van der Waals surface area contributed by atoms with Crippen LogP contribution in [0.5, 0.6) is 0 Å². The second-order valence-corrected chi connectivity index (χ2v) is 4.52. The van der Waals surface area contributed by atoms with E-state index in [1.165, 1.54) is 29.4 Å². The topological polar surface area (TPSA) is 110 Å². The van der Waals surface area contributed by atoms with Crippen molar-refractivity contribution in [2.45, 2.75) is 10.9 Å². The van der Waals surface area contributed by atoms with Crippen LogP contribution in [0.3, 0.4) is 0 Å². The fraction of sp³-hybridized carbons (Fsp3) is 0.143. The fourth-order valence-corrected chi connectivity index (χ4v) is 2.44. The zero-order chi connectivity index (χ0) is 11.4. The number of aromatic nitrogens is 4. The van der Waals surface area contributed by atoms with Gasteiger partial charge in [0, 0.05) is 11.1 Å². The van der Waals surface area contributed by atoms with Crippen molar-refractivity contribution in [1.29, 1.82) is 0 Å². The van der Waals surface area contributed by atoms with E-state index in [1.807, 2.05) is 10.8 Å². The minimum Gasteiger partial charge on any atom is -0.288 e. The summed E-state index contributed by atoms with van der Waals surface area (Å²) >= 11 is 2.72. The highest BCUT2D eigenvalue weighted by Gasteiger charge is 2.09. The van der Waals surface area contributed by atoms with Crippen molar-refractivity contribution in [1.82, 2.24) is 25.6 Å². The largest absolute Gasteiger partial charge is 0.294 e. The fourth-order valence-electron chi connectivity index (χ4n) is 0.945. The van der Waals surface area contributed by atoms with Crippen molar-refractivity contribution in [2.24, 2.45) is 5.84 Å². The number of carbonyl (C=O) groups excluding carboxylic acids is 1. The molecule has 0 saturated carbocycles. The number of aromatic amines is 1. The molecule has 0 aliphatic carbocycles. The second-order valence-electron chi connectivity index (χ2n) is 2.70. The first-order chi connectivity index (χ1) is 7.79. The first kappa shape index (κ1) is 11.0. The van der Waals surface area contributed by atoms with Crippen LogP contribution in [0.4, 0.5) is 0 Å². The summed E-state index contributed by atoms with van der Waals surface area (Å²) in [4.78, 5) is 19.2. The molecule has 0 spiro atoms. The number of carbonyl (C=O) groups is 1. The molecular weight excluding hydrogens is 248 g/mol. The number of nitrogens with two attached hydrogens (primary N) is 1. The van der Waals surface area contributed by atoms with Crippen molar-refractivity contribution in [3.8, 4) is 0 Å². The molecule has 9 heteroatoms. The Morgan fingerprint density at radius 3 is 3.25 bits per heavy atom. The second kappa shape index (κ2) is 5.05. The number of thioether (sulfide) groups is 1. The Balaban J connectivity index is 1.95. The van der Waals surface area contributed by atoms with E-state index in [0.29, 0.717) is 10.8 Å². The van der Waals surface area contributed by atoms with E-state index in [1.54, 1.807) is 0 Å². The molecule has 0 atom stereocenters. The van der Waals surface area contributed by atoms with Gasteiger partial charge in [-0.3, -0.25) is 15.3 Å². The van der Waals surface area contributed by atoms with Crippen LogP contribution in [0, 0.1) is 0 Å². The summed E-state index contributed by atoms with van der Waals surface area (Å²) in [6.45, 7) is 0. The lowest BCUT2D eigenvalue weighted by atomic mass is 10.5. The van der Waals surface area contributed by atoms with E-state index in [0.717, 1.165) is 10.9 Å². The molecule has 0 fully saturated rings.